The maximum Gasteiger partial charge on any atom is 0.277 e. The molecule has 7 heteroatoms. The molecule has 2 N–H and O–H groups in total. The van der Waals surface area contributed by atoms with Gasteiger partial charge in [0.15, 0.2) is 5.82 Å². The second kappa shape index (κ2) is 8.38. The van der Waals surface area contributed by atoms with Crippen molar-refractivity contribution in [1.29, 1.82) is 0 Å². The van der Waals surface area contributed by atoms with Crippen LogP contribution in [0.1, 0.15) is 35.3 Å². The van der Waals surface area contributed by atoms with Crippen LogP contribution in [0.3, 0.4) is 0 Å². The van der Waals surface area contributed by atoms with Crippen LogP contribution in [0.25, 0.3) is 10.8 Å². The third-order valence-electron chi connectivity index (χ3n) is 6.14. The van der Waals surface area contributed by atoms with E-state index in [2.05, 4.69) is 59.8 Å². The maximum atomic E-state index is 14.1. The number of nitrogens with zero attached hydrogens (tertiary/aromatic N) is 3. The van der Waals surface area contributed by atoms with Crippen LogP contribution in [0.2, 0.25) is 0 Å². The van der Waals surface area contributed by atoms with E-state index < -0.39 is 5.92 Å². The molecule has 2 heterocycles. The molecule has 1 aromatic heterocycles. The number of anilines is 2. The summed E-state index contributed by atoms with van der Waals surface area (Å²) in [5, 5.41) is 16.9. The van der Waals surface area contributed by atoms with Gasteiger partial charge in [0, 0.05) is 29.5 Å². The lowest BCUT2D eigenvalue weighted by Crippen LogP contribution is -2.38. The maximum absolute atomic E-state index is 14.1. The molecule has 2 aromatic carbocycles. The highest BCUT2D eigenvalue weighted by molar-refractivity contribution is 5.95. The van der Waals surface area contributed by atoms with Gasteiger partial charge in [-0.25, -0.2) is 8.78 Å². The van der Waals surface area contributed by atoms with Gasteiger partial charge in [0.1, 0.15) is 0 Å². The van der Waals surface area contributed by atoms with Crippen molar-refractivity contribution < 1.29 is 8.78 Å². The van der Waals surface area contributed by atoms with Gasteiger partial charge in [0.2, 0.25) is 0 Å². The Labute approximate surface area is 181 Å². The zero-order valence-electron chi connectivity index (χ0n) is 18.5. The van der Waals surface area contributed by atoms with Crippen molar-refractivity contribution in [3.63, 3.8) is 0 Å². The summed E-state index contributed by atoms with van der Waals surface area (Å²) < 4.78 is 28.3. The predicted octanol–water partition coefficient (Wildman–Crippen LogP) is 4.77. The zero-order chi connectivity index (χ0) is 22.2. The Morgan fingerprint density at radius 3 is 2.71 bits per heavy atom. The van der Waals surface area contributed by atoms with Crippen LogP contribution < -0.4 is 15.5 Å². The normalized spacial score (nSPS) is 17.4. The standard InChI is InChI=1S/C24H29F2N5/c1-15-6-5-7-20(16(15)2)17(3)28-23-22-12-19(8-9-21(22)18(4)29-30-23)31-11-10-27-13-24(25,26)14-31/h5-9,12,17,27H,10-11,13-14H2,1-4H3,(H,28,30)/t17-/m1/s1. The van der Waals surface area contributed by atoms with E-state index >= 15 is 0 Å². The van der Waals surface area contributed by atoms with Gasteiger partial charge in [-0.05, 0) is 56.5 Å². The number of halogens is 2. The Hall–Kier alpha value is -2.80. The Kier molecular flexibility index (Phi) is 5.79. The molecule has 31 heavy (non-hydrogen) atoms. The Morgan fingerprint density at radius 1 is 1.10 bits per heavy atom. The molecule has 164 valence electrons. The second-order valence-corrected chi connectivity index (χ2v) is 8.47. The van der Waals surface area contributed by atoms with E-state index in [1.54, 1.807) is 4.90 Å². The van der Waals surface area contributed by atoms with Gasteiger partial charge in [-0.1, -0.05) is 24.3 Å². The lowest BCUT2D eigenvalue weighted by Gasteiger charge is -2.26. The summed E-state index contributed by atoms with van der Waals surface area (Å²) in [7, 11) is 0. The third-order valence-corrected chi connectivity index (χ3v) is 6.14. The van der Waals surface area contributed by atoms with Gasteiger partial charge in [0.25, 0.3) is 5.92 Å². The monoisotopic (exact) mass is 425 g/mol. The summed E-state index contributed by atoms with van der Waals surface area (Å²) >= 11 is 0. The molecule has 0 saturated carbocycles. The average Bonchev–Trinajstić information content (AvgIpc) is 2.92. The molecule has 1 fully saturated rings. The number of fused-ring (bicyclic) bond motifs is 1. The number of aryl methyl sites for hydroxylation is 2. The SMILES string of the molecule is Cc1cccc([C@@H](C)Nc2nnc(C)c3ccc(N4CCNCC(F)(F)C4)cc23)c1C. The van der Waals surface area contributed by atoms with Crippen molar-refractivity contribution >= 4 is 22.3 Å². The number of benzene rings is 2. The summed E-state index contributed by atoms with van der Waals surface area (Å²) in [4.78, 5) is 1.74. The minimum Gasteiger partial charge on any atom is -0.364 e. The first-order valence-corrected chi connectivity index (χ1v) is 10.7. The molecule has 5 nitrogen and oxygen atoms in total. The number of hydrogen-bond acceptors (Lipinski definition) is 5. The molecule has 0 spiro atoms. The lowest BCUT2D eigenvalue weighted by atomic mass is 9.98. The van der Waals surface area contributed by atoms with Crippen LogP contribution in [0.4, 0.5) is 20.3 Å². The van der Waals surface area contributed by atoms with E-state index in [4.69, 9.17) is 0 Å². The van der Waals surface area contributed by atoms with Gasteiger partial charge in [0.05, 0.1) is 24.8 Å². The van der Waals surface area contributed by atoms with Crippen molar-refractivity contribution in [2.45, 2.75) is 39.7 Å². The topological polar surface area (TPSA) is 53.1 Å². The smallest absolute Gasteiger partial charge is 0.277 e. The average molecular weight is 426 g/mol. The molecular weight excluding hydrogens is 396 g/mol. The molecule has 3 aromatic rings. The van der Waals surface area contributed by atoms with Gasteiger partial charge < -0.3 is 15.5 Å². The fraction of sp³-hybridized carbons (Fsp3) is 0.417. The fourth-order valence-corrected chi connectivity index (χ4v) is 4.23. The number of rotatable bonds is 4. The number of alkyl halides is 2. The van der Waals surface area contributed by atoms with E-state index in [9.17, 15) is 8.78 Å². The summed E-state index contributed by atoms with van der Waals surface area (Å²) in [6, 6.07) is 12.1. The molecule has 0 aliphatic carbocycles. The third kappa shape index (κ3) is 4.46. The minimum absolute atomic E-state index is 0.0236. The molecule has 1 aliphatic heterocycles. The van der Waals surface area contributed by atoms with Gasteiger partial charge in [-0.3, -0.25) is 0 Å². The quantitative estimate of drug-likeness (QED) is 0.631. The molecule has 0 bridgehead atoms. The van der Waals surface area contributed by atoms with Crippen LogP contribution in [0.5, 0.6) is 0 Å². The van der Waals surface area contributed by atoms with Crippen LogP contribution >= 0.6 is 0 Å². The van der Waals surface area contributed by atoms with Crippen LogP contribution in [0, 0.1) is 20.8 Å². The van der Waals surface area contributed by atoms with E-state index in [-0.39, 0.29) is 19.1 Å². The van der Waals surface area contributed by atoms with Crippen LogP contribution in [0.15, 0.2) is 36.4 Å². The predicted molar refractivity (Wildman–Crippen MR) is 122 cm³/mol. The highest BCUT2D eigenvalue weighted by atomic mass is 19.3. The van der Waals surface area contributed by atoms with E-state index in [0.29, 0.717) is 18.9 Å². The second-order valence-electron chi connectivity index (χ2n) is 8.47. The first-order chi connectivity index (χ1) is 14.7. The molecule has 0 unspecified atom stereocenters. The summed E-state index contributed by atoms with van der Waals surface area (Å²) in [6.45, 7) is 8.69. The van der Waals surface area contributed by atoms with Crippen molar-refractivity contribution in [3.8, 4) is 0 Å². The van der Waals surface area contributed by atoms with Gasteiger partial charge in [-0.15, -0.1) is 5.10 Å². The number of aromatic nitrogens is 2. The molecule has 4 rings (SSSR count). The highest BCUT2D eigenvalue weighted by Crippen LogP contribution is 2.32. The summed E-state index contributed by atoms with van der Waals surface area (Å²) in [5.74, 6) is -2.11. The van der Waals surface area contributed by atoms with Crippen molar-refractivity contribution in [2.24, 2.45) is 0 Å². The summed E-state index contributed by atoms with van der Waals surface area (Å²) in [6.07, 6.45) is 0. The Morgan fingerprint density at radius 2 is 1.90 bits per heavy atom. The van der Waals surface area contributed by atoms with Crippen molar-refractivity contribution in [1.82, 2.24) is 15.5 Å². The van der Waals surface area contributed by atoms with Gasteiger partial charge >= 0.3 is 0 Å². The van der Waals surface area contributed by atoms with Crippen LogP contribution in [-0.2, 0) is 0 Å². The molecule has 0 amide bonds. The van der Waals surface area contributed by atoms with Gasteiger partial charge in [-0.2, -0.15) is 5.10 Å². The first-order valence-electron chi connectivity index (χ1n) is 10.7. The minimum atomic E-state index is -2.77. The Bertz CT molecular complexity index is 1100. The lowest BCUT2D eigenvalue weighted by molar-refractivity contribution is 0.0157. The van der Waals surface area contributed by atoms with Crippen molar-refractivity contribution in [2.75, 3.05) is 36.4 Å². The van der Waals surface area contributed by atoms with Crippen LogP contribution in [-0.4, -0.2) is 42.3 Å². The van der Waals surface area contributed by atoms with E-state index in [1.807, 2.05) is 25.1 Å². The first kappa shape index (κ1) is 21.4. The molecular formula is C24H29F2N5. The largest absolute Gasteiger partial charge is 0.364 e. The molecule has 1 aliphatic rings. The molecule has 1 atom stereocenters. The number of hydrogen-bond donors (Lipinski definition) is 2. The zero-order valence-corrected chi connectivity index (χ0v) is 18.5. The molecule has 0 radical (unpaired) electrons. The fourth-order valence-electron chi connectivity index (χ4n) is 4.23. The van der Waals surface area contributed by atoms with E-state index in [0.717, 1.165) is 22.2 Å². The summed E-state index contributed by atoms with van der Waals surface area (Å²) in [5.41, 5.74) is 5.26. The Balaban J connectivity index is 1.71. The number of nitrogens with one attached hydrogen (secondary N) is 2. The van der Waals surface area contributed by atoms with E-state index in [1.165, 1.54) is 16.7 Å². The van der Waals surface area contributed by atoms with Crippen molar-refractivity contribution in [3.05, 3.63) is 58.8 Å². The molecule has 1 saturated heterocycles. The highest BCUT2D eigenvalue weighted by Gasteiger charge is 2.33.